The molecule has 114 valence electrons. The number of nitrogens with one attached hydrogen (secondary N) is 2. The quantitative estimate of drug-likeness (QED) is 0.634. The van der Waals surface area contributed by atoms with Crippen LogP contribution in [0.1, 0.15) is 16.5 Å². The van der Waals surface area contributed by atoms with Gasteiger partial charge in [0.2, 0.25) is 0 Å². The number of thiophene rings is 2. The van der Waals surface area contributed by atoms with Crippen LogP contribution >= 0.6 is 22.7 Å². The zero-order valence-corrected chi connectivity index (χ0v) is 14.3. The van der Waals surface area contributed by atoms with Crippen molar-refractivity contribution in [3.8, 4) is 0 Å². The summed E-state index contributed by atoms with van der Waals surface area (Å²) in [6.45, 7) is 1.63. The topological polar surface area (TPSA) is 39.7 Å². The first-order chi connectivity index (χ1) is 10.2. The fourth-order valence-corrected chi connectivity index (χ4v) is 3.60. The third kappa shape index (κ3) is 4.84. The molecule has 2 rings (SSSR count). The predicted octanol–water partition coefficient (Wildman–Crippen LogP) is 2.78. The molecule has 0 radical (unpaired) electrons. The Morgan fingerprint density at radius 3 is 2.71 bits per heavy atom. The fraction of sp³-hybridized carbons (Fsp3) is 0.400. The molecule has 0 aliphatic rings. The van der Waals surface area contributed by atoms with Crippen LogP contribution in [-0.2, 0) is 6.54 Å². The van der Waals surface area contributed by atoms with Crippen molar-refractivity contribution in [2.75, 3.05) is 27.7 Å². The van der Waals surface area contributed by atoms with Gasteiger partial charge in [-0.2, -0.15) is 11.3 Å². The molecule has 0 bridgehead atoms. The second-order valence-electron chi connectivity index (χ2n) is 4.93. The number of aliphatic imine (C=N–C) groups is 1. The van der Waals surface area contributed by atoms with E-state index in [2.05, 4.69) is 69.0 Å². The Bertz CT molecular complexity index is 532. The first-order valence-electron chi connectivity index (χ1n) is 6.86. The zero-order chi connectivity index (χ0) is 15.1. The van der Waals surface area contributed by atoms with Crippen molar-refractivity contribution in [3.05, 3.63) is 44.8 Å². The molecule has 0 saturated heterocycles. The first kappa shape index (κ1) is 16.0. The maximum atomic E-state index is 4.28. The van der Waals surface area contributed by atoms with Crippen LogP contribution in [0.2, 0.25) is 0 Å². The SMILES string of the molecule is CN=C(NCc1ccsc1)NCC(c1cccs1)N(C)C. The van der Waals surface area contributed by atoms with Gasteiger partial charge in [-0.3, -0.25) is 4.99 Å². The van der Waals surface area contributed by atoms with E-state index in [4.69, 9.17) is 0 Å². The summed E-state index contributed by atoms with van der Waals surface area (Å²) in [5, 5.41) is 13.1. The van der Waals surface area contributed by atoms with Crippen LogP contribution in [0.25, 0.3) is 0 Å². The molecule has 0 aliphatic heterocycles. The highest BCUT2D eigenvalue weighted by Crippen LogP contribution is 2.22. The Morgan fingerprint density at radius 2 is 2.14 bits per heavy atom. The van der Waals surface area contributed by atoms with Crippen LogP contribution in [0.5, 0.6) is 0 Å². The molecule has 6 heteroatoms. The summed E-state index contributed by atoms with van der Waals surface area (Å²) in [4.78, 5) is 7.87. The molecule has 0 saturated carbocycles. The first-order valence-corrected chi connectivity index (χ1v) is 8.68. The molecule has 2 aromatic rings. The van der Waals surface area contributed by atoms with Crippen molar-refractivity contribution in [1.82, 2.24) is 15.5 Å². The maximum absolute atomic E-state index is 4.28. The summed E-state index contributed by atoms with van der Waals surface area (Å²) >= 11 is 3.50. The van der Waals surface area contributed by atoms with Crippen LogP contribution in [0.15, 0.2) is 39.3 Å². The zero-order valence-electron chi connectivity index (χ0n) is 12.7. The van der Waals surface area contributed by atoms with Gasteiger partial charge in [-0.25, -0.2) is 0 Å². The maximum Gasteiger partial charge on any atom is 0.191 e. The average Bonchev–Trinajstić information content (AvgIpc) is 3.15. The molecule has 0 amide bonds. The lowest BCUT2D eigenvalue weighted by molar-refractivity contribution is 0.302. The standard InChI is InChI=1S/C15H22N4S2/c1-16-15(17-9-12-6-8-20-11-12)18-10-13(19(2)3)14-5-4-7-21-14/h4-8,11,13H,9-10H2,1-3H3,(H2,16,17,18). The minimum Gasteiger partial charge on any atom is -0.354 e. The van der Waals surface area contributed by atoms with E-state index in [0.717, 1.165) is 19.0 Å². The Labute approximate surface area is 134 Å². The third-order valence-corrected chi connectivity index (χ3v) is 4.93. The molecular formula is C15H22N4S2. The lowest BCUT2D eigenvalue weighted by Gasteiger charge is -2.24. The van der Waals surface area contributed by atoms with E-state index in [1.54, 1.807) is 29.7 Å². The molecule has 21 heavy (non-hydrogen) atoms. The van der Waals surface area contributed by atoms with E-state index >= 15 is 0 Å². The van der Waals surface area contributed by atoms with E-state index in [1.807, 2.05) is 0 Å². The number of guanidine groups is 1. The van der Waals surface area contributed by atoms with Gasteiger partial charge in [0.05, 0.1) is 6.04 Å². The van der Waals surface area contributed by atoms with Crippen molar-refractivity contribution < 1.29 is 0 Å². The fourth-order valence-electron chi connectivity index (χ4n) is 2.01. The second-order valence-corrected chi connectivity index (χ2v) is 6.69. The lowest BCUT2D eigenvalue weighted by atomic mass is 10.2. The Morgan fingerprint density at radius 1 is 1.29 bits per heavy atom. The average molecular weight is 323 g/mol. The van der Waals surface area contributed by atoms with Crippen LogP contribution in [0.4, 0.5) is 0 Å². The molecular weight excluding hydrogens is 300 g/mol. The minimum absolute atomic E-state index is 0.352. The number of nitrogens with zero attached hydrogens (tertiary/aromatic N) is 2. The van der Waals surface area contributed by atoms with E-state index in [0.29, 0.717) is 6.04 Å². The van der Waals surface area contributed by atoms with Gasteiger partial charge in [0.25, 0.3) is 0 Å². The monoisotopic (exact) mass is 322 g/mol. The Kier molecular flexibility index (Phi) is 6.22. The highest BCUT2D eigenvalue weighted by Gasteiger charge is 2.15. The number of likely N-dealkylation sites (N-methyl/N-ethyl adjacent to an activating group) is 1. The van der Waals surface area contributed by atoms with E-state index in [-0.39, 0.29) is 0 Å². The van der Waals surface area contributed by atoms with Gasteiger partial charge in [-0.1, -0.05) is 6.07 Å². The normalized spacial score (nSPS) is 13.4. The van der Waals surface area contributed by atoms with E-state index < -0.39 is 0 Å². The molecule has 0 aliphatic carbocycles. The van der Waals surface area contributed by atoms with Crippen LogP contribution in [0, 0.1) is 0 Å². The predicted molar refractivity (Wildman–Crippen MR) is 93.3 cm³/mol. The molecule has 2 heterocycles. The van der Waals surface area contributed by atoms with Gasteiger partial charge >= 0.3 is 0 Å². The van der Waals surface area contributed by atoms with Crippen molar-refractivity contribution in [2.24, 2.45) is 4.99 Å². The molecule has 4 nitrogen and oxygen atoms in total. The number of hydrogen-bond donors (Lipinski definition) is 2. The van der Waals surface area contributed by atoms with Crippen molar-refractivity contribution in [1.29, 1.82) is 0 Å². The van der Waals surface area contributed by atoms with E-state index in [1.165, 1.54) is 10.4 Å². The highest BCUT2D eigenvalue weighted by molar-refractivity contribution is 7.10. The molecule has 0 fully saturated rings. The summed E-state index contributed by atoms with van der Waals surface area (Å²) in [5.74, 6) is 0.838. The molecule has 0 aromatic carbocycles. The Hall–Kier alpha value is -1.37. The van der Waals surface area contributed by atoms with Gasteiger partial charge in [-0.05, 0) is 47.9 Å². The smallest absolute Gasteiger partial charge is 0.191 e. The summed E-state index contributed by atoms with van der Waals surface area (Å²) in [6.07, 6.45) is 0. The summed E-state index contributed by atoms with van der Waals surface area (Å²) in [7, 11) is 6.01. The van der Waals surface area contributed by atoms with Gasteiger partial charge < -0.3 is 15.5 Å². The van der Waals surface area contributed by atoms with Crippen LogP contribution in [0.3, 0.4) is 0 Å². The largest absolute Gasteiger partial charge is 0.354 e. The molecule has 1 atom stereocenters. The summed E-state index contributed by atoms with van der Waals surface area (Å²) in [5.41, 5.74) is 1.28. The van der Waals surface area contributed by atoms with Crippen LogP contribution in [-0.4, -0.2) is 38.5 Å². The van der Waals surface area contributed by atoms with Gasteiger partial charge in [0.1, 0.15) is 0 Å². The van der Waals surface area contributed by atoms with Gasteiger partial charge in [0, 0.05) is 25.0 Å². The lowest BCUT2D eigenvalue weighted by Crippen LogP contribution is -2.41. The molecule has 0 spiro atoms. The minimum atomic E-state index is 0.352. The van der Waals surface area contributed by atoms with Crippen molar-refractivity contribution in [2.45, 2.75) is 12.6 Å². The Balaban J connectivity index is 1.86. The van der Waals surface area contributed by atoms with Crippen molar-refractivity contribution in [3.63, 3.8) is 0 Å². The summed E-state index contributed by atoms with van der Waals surface area (Å²) in [6, 6.07) is 6.75. The van der Waals surface area contributed by atoms with Gasteiger partial charge in [-0.15, -0.1) is 11.3 Å². The van der Waals surface area contributed by atoms with E-state index in [9.17, 15) is 0 Å². The van der Waals surface area contributed by atoms with Crippen molar-refractivity contribution >= 4 is 28.6 Å². The number of rotatable bonds is 6. The van der Waals surface area contributed by atoms with Gasteiger partial charge in [0.15, 0.2) is 5.96 Å². The summed E-state index contributed by atoms with van der Waals surface area (Å²) < 4.78 is 0. The molecule has 1 unspecified atom stereocenters. The second kappa shape index (κ2) is 8.17. The highest BCUT2D eigenvalue weighted by atomic mass is 32.1. The third-order valence-electron chi connectivity index (χ3n) is 3.22. The molecule has 2 aromatic heterocycles. The van der Waals surface area contributed by atoms with Crippen LogP contribution < -0.4 is 10.6 Å². The molecule has 2 N–H and O–H groups in total. The number of hydrogen-bond acceptors (Lipinski definition) is 4.